The lowest BCUT2D eigenvalue weighted by Crippen LogP contribution is -2.34. The predicted octanol–water partition coefficient (Wildman–Crippen LogP) is 19.6. The van der Waals surface area contributed by atoms with Crippen molar-refractivity contribution < 1.29 is 184 Å². The van der Waals surface area contributed by atoms with Crippen LogP contribution >= 0.6 is 69.6 Å². The summed E-state index contributed by atoms with van der Waals surface area (Å²) in [6, 6.07) is -15.6. The second kappa shape index (κ2) is 53.9. The molecular formula is C90H102Cl6F6N6O24S6. The number of carbonyl (C=O) groups excluding carboxylic acids is 6. The van der Waals surface area contributed by atoms with E-state index in [9.17, 15) is 106 Å². The van der Waals surface area contributed by atoms with Crippen molar-refractivity contribution in [1.82, 2.24) is 0 Å². The molecule has 138 heavy (non-hydrogen) atoms. The van der Waals surface area contributed by atoms with Crippen LogP contribution in [0.4, 0.5) is 60.5 Å². The molecule has 6 aromatic rings. The highest BCUT2D eigenvalue weighted by molar-refractivity contribution is 7.95. The molecule has 6 N–H and O–H groups in total. The van der Waals surface area contributed by atoms with Gasteiger partial charge < -0.3 is 28.4 Å². The number of benzene rings is 6. The van der Waals surface area contributed by atoms with Crippen molar-refractivity contribution in [1.29, 1.82) is 0 Å². The molecule has 0 unspecified atom stereocenters. The largest absolute Gasteiger partial charge is 0.463 e. The van der Waals surface area contributed by atoms with Gasteiger partial charge in [-0.3, -0.25) is 28.3 Å². The van der Waals surface area contributed by atoms with Gasteiger partial charge in [0.2, 0.25) is 60.1 Å². The van der Waals surface area contributed by atoms with E-state index >= 15 is 0 Å². The molecule has 6 aromatic carbocycles. The van der Waals surface area contributed by atoms with E-state index in [0.29, 0.717) is 43.5 Å². The van der Waals surface area contributed by atoms with Gasteiger partial charge in [0.15, 0.2) is 8.47 Å². The van der Waals surface area contributed by atoms with Crippen molar-refractivity contribution in [2.75, 3.05) is 67.9 Å². The minimum atomic E-state index is -5.82. The van der Waals surface area contributed by atoms with Crippen LogP contribution in [0.1, 0.15) is 198 Å². The first-order valence-electron chi connectivity index (χ1n) is 57.5. The van der Waals surface area contributed by atoms with Crippen LogP contribution in [-0.4, -0.2) is 157 Å². The van der Waals surface area contributed by atoms with Gasteiger partial charge in [0.1, 0.15) is 66.3 Å². The maximum absolute atomic E-state index is 13.8. The lowest BCUT2D eigenvalue weighted by Gasteiger charge is -2.24. The average Bonchev–Trinajstić information content (AvgIpc) is 0.665. The van der Waals surface area contributed by atoms with Crippen LogP contribution in [0.3, 0.4) is 0 Å². The number of anilines is 6. The molecule has 0 aromatic heterocycles. The Morgan fingerprint density at radius 1 is 0.333 bits per heavy atom. The highest BCUT2D eigenvalue weighted by Gasteiger charge is 2.42. The molecule has 0 heterocycles. The molecule has 6 aliphatic rings. The Hall–Kier alpha value is -9.60. The lowest BCUT2D eigenvalue weighted by molar-refractivity contribution is -0.139. The van der Waals surface area contributed by atoms with Gasteiger partial charge in [-0.2, -0.15) is 0 Å². The lowest BCUT2D eigenvalue weighted by atomic mass is 9.99. The molecule has 0 fully saturated rings. The minimum Gasteiger partial charge on any atom is -0.463 e. The fourth-order valence-corrected chi connectivity index (χ4v) is 21.1. The molecule has 6 atom stereocenters. The van der Waals surface area contributed by atoms with Crippen molar-refractivity contribution in [2.24, 2.45) is 0 Å². The summed E-state index contributed by atoms with van der Waals surface area (Å²) in [6.07, 6.45) is -11.7. The van der Waals surface area contributed by atoms with Crippen LogP contribution in [-0.2, 0) is 117 Å². The van der Waals surface area contributed by atoms with Crippen molar-refractivity contribution in [3.05, 3.63) is 244 Å². The fourth-order valence-electron chi connectivity index (χ4n) is 11.7. The SMILES string of the molecule is [2H]C1=C(C(=O)OCC)[C@H](S(=O)(=O)N([2H])c2c([2H])c([2H])c(F)c([2H])c2Cl)CCC1.[2H]C1=C(C(=O)OCC)[C@]([2H])(S(=O)(=O)N([2H])c2ccc(F)cc2Cl)C([2H])([2H])C([2H])([2H])C1([2H])[2H].[2H]c1c([2H])c(N([2H])S(=O)(=O)[C@@H]2CCC([2H])([2H])C=C2C(=O)OCC)c(Cl)c([2H])c1F.[2H]c1c([2H])c(N([2H])S(=O)(=O)[C@@H]2CCCC=C2C(=O)OCC)c(Cl)c([2H])c1F.[2H]c1c([2H])c(N([2H])S(=O)(=O)[C@]2([2H])CCC([2H])([2H])C=C2C(=O)OCC)c(Cl)c([2H])c1F.[2H]c1c([2H])c(N([2H])S(=O)(=O)[C@]2([2H])CCCC=C2C(=O)OCC)c(Cl)c([2H])c1F. The predicted molar refractivity (Wildman–Crippen MR) is 518 cm³/mol. The van der Waals surface area contributed by atoms with Gasteiger partial charge in [0, 0.05) is 13.7 Å². The standard InChI is InChI=1S/6C15H17ClFNO4S/c6*1-2-22-15(19)11-5-3-4-6-14(11)23(20,21)18-13-8-7-10(17)9-12(13)16/h6*5,7-9,14,18H,2-4,6H2,1H3/t6*14-/m111111/s1/i3D2,7D,8D,9D,14D;3D2,4D2,5D,6D2,14D;7D,8D,9D,14D;5D,7D,8D,9D;3D2,7D,8D,9D;7D,8D,9D/hD6. The Morgan fingerprint density at radius 3 is 1.00 bits per heavy atom. The van der Waals surface area contributed by atoms with Crippen LogP contribution in [0.25, 0.3) is 0 Å². The minimum absolute atomic E-state index is 0.0377. The van der Waals surface area contributed by atoms with E-state index in [2.05, 4.69) is 4.74 Å². The summed E-state index contributed by atoms with van der Waals surface area (Å²) >= 11 is 34.7. The highest BCUT2D eigenvalue weighted by Crippen LogP contribution is 2.39. The Bertz CT molecular complexity index is 8250. The zero-order valence-electron chi connectivity index (χ0n) is 108. The molecular weight excluding hydrogens is 2070 g/mol. The molecule has 756 valence electrons. The zero-order chi connectivity index (χ0) is 134. The van der Waals surface area contributed by atoms with E-state index in [4.69, 9.17) is 143 Å². The Kier molecular flexibility index (Phi) is 28.0. The van der Waals surface area contributed by atoms with Gasteiger partial charge in [-0.15, -0.1) is 0 Å². The summed E-state index contributed by atoms with van der Waals surface area (Å²) in [7, 11) is -30.2. The Morgan fingerprint density at radius 2 is 0.616 bits per heavy atom. The van der Waals surface area contributed by atoms with Gasteiger partial charge in [-0.1, -0.05) is 106 Å². The number of allylic oxidation sites excluding steroid dienone is 6. The van der Waals surface area contributed by atoms with E-state index in [-0.39, 0.29) is 115 Å². The number of ether oxygens (including phenoxy) is 6. The third kappa shape index (κ3) is 33.8. The molecule has 0 saturated carbocycles. The normalized spacial score (nSPS) is 25.5. The number of sulfonamides is 6. The van der Waals surface area contributed by atoms with Gasteiger partial charge >= 0.3 is 35.8 Å². The van der Waals surface area contributed by atoms with Gasteiger partial charge in [-0.05, 0) is 266 Å². The van der Waals surface area contributed by atoms with Crippen molar-refractivity contribution >= 4 is 200 Å². The quantitative estimate of drug-likeness (QED) is 0.0139. The number of esters is 6. The van der Waals surface area contributed by atoms with Gasteiger partial charge in [-0.25, -0.2) is 106 Å². The van der Waals surface area contributed by atoms with Crippen LogP contribution in [0, 0.1) is 34.9 Å². The first-order valence-corrected chi connectivity index (χ1v) is 50.9. The summed E-state index contributed by atoms with van der Waals surface area (Å²) in [4.78, 5) is 73.5. The fraction of sp³-hybridized carbons (Fsp3) is 0.400. The van der Waals surface area contributed by atoms with Crippen molar-refractivity contribution in [3.8, 4) is 0 Å². The maximum Gasteiger partial charge on any atom is 0.335 e. The molecule has 30 nitrogen and oxygen atoms in total. The van der Waals surface area contributed by atoms with E-state index in [1.807, 2.05) is 0 Å². The molecule has 0 bridgehead atoms. The number of hydrogen-bond donors (Lipinski definition) is 6. The number of carbonyl (C=O) groups is 6. The summed E-state index contributed by atoms with van der Waals surface area (Å²) in [5.74, 6) is -15.0. The van der Waals surface area contributed by atoms with Crippen LogP contribution < -0.4 is 28.3 Å². The van der Waals surface area contributed by atoms with Gasteiger partial charge in [0.05, 0.1) is 165 Å². The molecule has 0 saturated heterocycles. The summed E-state index contributed by atoms with van der Waals surface area (Å²) in [6.45, 7) is 7.98. The van der Waals surface area contributed by atoms with E-state index < -0.39 is 412 Å². The molecule has 0 spiro atoms. The molecule has 0 aliphatic heterocycles. The first kappa shape index (κ1) is 71.8. The molecule has 0 radical (unpaired) electrons. The third-order valence-electron chi connectivity index (χ3n) is 17.5. The molecule has 48 heteroatoms. The van der Waals surface area contributed by atoms with E-state index in [1.54, 1.807) is 6.92 Å². The van der Waals surface area contributed by atoms with Crippen LogP contribution in [0.2, 0.25) is 38.6 Å². The third-order valence-corrected chi connectivity index (χ3v) is 28.3. The van der Waals surface area contributed by atoms with Crippen LogP contribution in [0.15, 0.2) is 179 Å². The average molecular weight is 2210 g/mol. The number of hydrogen-bond acceptors (Lipinski definition) is 24. The molecule has 6 aliphatic carbocycles. The molecule has 12 rings (SSSR count). The number of rotatable bonds is 30. The van der Waals surface area contributed by atoms with E-state index in [0.717, 1.165) is 6.08 Å². The Labute approximate surface area is 879 Å². The second-order valence-electron chi connectivity index (χ2n) is 26.9. The summed E-state index contributed by atoms with van der Waals surface area (Å²) < 4.78 is 549. The second-order valence-corrected chi connectivity index (χ2v) is 39.3. The highest BCUT2D eigenvalue weighted by atomic mass is 35.5. The first-order chi connectivity index (χ1) is 79.6. The summed E-state index contributed by atoms with van der Waals surface area (Å²) in [5, 5.41) is -19.2. The molecule has 0 amide bonds. The van der Waals surface area contributed by atoms with E-state index in [1.165, 1.54) is 46.8 Å². The zero-order valence-corrected chi connectivity index (χ0v) is 81.6. The summed E-state index contributed by atoms with van der Waals surface area (Å²) in [5.41, 5.74) is -9.31. The number of halogens is 12. The smallest absolute Gasteiger partial charge is 0.335 e. The Balaban J connectivity index is 0.000000280. The monoisotopic (exact) mass is 2200 g/mol. The topological polar surface area (TPSA) is 435 Å². The van der Waals surface area contributed by atoms with Crippen molar-refractivity contribution in [2.45, 2.75) is 188 Å². The maximum atomic E-state index is 13.8. The van der Waals surface area contributed by atoms with Gasteiger partial charge in [0.25, 0.3) is 0 Å². The number of nitrogens with one attached hydrogen (secondary N) is 6. The van der Waals surface area contributed by atoms with Crippen molar-refractivity contribution in [3.63, 3.8) is 0 Å². The van der Waals surface area contributed by atoms with Crippen LogP contribution in [0.5, 0.6) is 0 Å².